The molecule has 3 heterocycles. The monoisotopic (exact) mass is 1540 g/mol. The number of nitrogens with zero attached hydrogens (tertiary/aromatic N) is 5. The number of rotatable bonds is 46. The maximum absolute atomic E-state index is 14.6. The third-order valence-corrected chi connectivity index (χ3v) is 17.7. The first kappa shape index (κ1) is 91.6. The smallest absolute Gasteiger partial charge is 0.326 e. The number of aliphatic hydroxyl groups is 3. The zero-order valence-electron chi connectivity index (χ0n) is 61.3. The summed E-state index contributed by atoms with van der Waals surface area (Å²) >= 11 is 0. The largest absolute Gasteiger partial charge is 0.480 e. The predicted molar refractivity (Wildman–Crippen MR) is 381 cm³/mol. The third-order valence-electron chi connectivity index (χ3n) is 17.7. The fraction of sp³-hybridized carbons (Fsp3) is 0.703. The van der Waals surface area contributed by atoms with Gasteiger partial charge < -0.3 is 134 Å². The van der Waals surface area contributed by atoms with Gasteiger partial charge in [0.25, 0.3) is 0 Å². The van der Waals surface area contributed by atoms with Crippen LogP contribution in [0, 0.1) is 5.92 Å². The average molecular weight is 1540 g/mol. The van der Waals surface area contributed by atoms with E-state index in [1.54, 1.807) is 13.8 Å². The summed E-state index contributed by atoms with van der Waals surface area (Å²) in [5.41, 5.74) is 43.5. The molecule has 0 aromatic carbocycles. The highest BCUT2D eigenvalue weighted by atomic mass is 16.4. The topological polar surface area (TPSA) is 734 Å². The van der Waals surface area contributed by atoms with Gasteiger partial charge >= 0.3 is 5.97 Å². The number of primary amides is 3. The van der Waals surface area contributed by atoms with Crippen molar-refractivity contribution >= 4 is 112 Å². The molecule has 0 aliphatic carbocycles. The summed E-state index contributed by atoms with van der Waals surface area (Å²) in [6.45, 7) is 5.40. The highest BCUT2D eigenvalue weighted by molar-refractivity contribution is 6.00. The van der Waals surface area contributed by atoms with E-state index >= 15 is 0 Å². The van der Waals surface area contributed by atoms with Gasteiger partial charge in [-0.2, -0.15) is 0 Å². The molecule has 3 aliphatic rings. The summed E-state index contributed by atoms with van der Waals surface area (Å²) in [6.07, 6.45) is -5.43. The Balaban J connectivity index is 1.80. The van der Waals surface area contributed by atoms with E-state index in [1.807, 2.05) is 0 Å². The fourth-order valence-corrected chi connectivity index (χ4v) is 12.1. The maximum Gasteiger partial charge on any atom is 0.326 e. The van der Waals surface area contributed by atoms with E-state index in [0.717, 1.165) is 21.6 Å². The van der Waals surface area contributed by atoms with Crippen LogP contribution in [-0.4, -0.2) is 284 Å². The van der Waals surface area contributed by atoms with Crippen molar-refractivity contribution in [2.75, 3.05) is 45.9 Å². The number of nitrogens with two attached hydrogens (primary N) is 8. The molecule has 44 heteroatoms. The van der Waals surface area contributed by atoms with Gasteiger partial charge in [-0.3, -0.25) is 86.7 Å². The minimum atomic E-state index is -1.77. The molecular weight excluding hydrogens is 1430 g/mol. The van der Waals surface area contributed by atoms with Crippen LogP contribution >= 0.6 is 0 Å². The number of carbonyl (C=O) groups is 17. The summed E-state index contributed by atoms with van der Waals surface area (Å²) in [6, 6.07) is -19.3. The number of hydrogen-bond acceptors (Lipinski definition) is 23. The Morgan fingerprint density at radius 3 is 1.27 bits per heavy atom. The summed E-state index contributed by atoms with van der Waals surface area (Å²) in [4.78, 5) is 240. The average Bonchev–Trinajstić information content (AvgIpc) is 1.64. The minimum absolute atomic E-state index is 0.00192. The lowest BCUT2D eigenvalue weighted by Gasteiger charge is -2.32. The Labute approximate surface area is 622 Å². The molecule has 15 atom stereocenters. The molecule has 0 spiro atoms. The SMILES string of the molecule is CC(C)C[C@H](NC(=O)[C@@H]1CCCN1C(=O)[C@@H](NC(=O)[C@@H](N)CO)[C@@H](C)O)C(=O)NCC(=O)N[C@@H](CCC(N)=O)C(=O)N[C@@H](CCC(N)=O)C(=O)N[C@@H](CCC(N)=O)C(=O)N1CCC[C@H]1C(=O)N[C@@H](C)C(=O)N1CCC[C@H]1C(=O)N[C@@H](CCCN=C(N)N)C(=O)N[C@H](C(=O)N[C@@H](CCCN=C(N)N)C(=O)O)[C@@H](C)O. The highest BCUT2D eigenvalue weighted by Crippen LogP contribution is 2.24. The molecule has 44 nitrogen and oxygen atoms in total. The molecule has 606 valence electrons. The van der Waals surface area contributed by atoms with Gasteiger partial charge in [0.05, 0.1) is 25.4 Å². The van der Waals surface area contributed by atoms with E-state index in [0.29, 0.717) is 6.42 Å². The first-order valence-electron chi connectivity index (χ1n) is 35.5. The summed E-state index contributed by atoms with van der Waals surface area (Å²) in [5, 5.41) is 64.4. The number of hydrogen-bond donors (Lipinski definition) is 22. The molecule has 30 N–H and O–H groups in total. The molecule has 108 heavy (non-hydrogen) atoms. The number of nitrogens with one attached hydrogen (secondary N) is 10. The van der Waals surface area contributed by atoms with E-state index in [4.69, 9.17) is 45.9 Å². The van der Waals surface area contributed by atoms with E-state index in [-0.39, 0.29) is 115 Å². The van der Waals surface area contributed by atoms with E-state index in [1.165, 1.54) is 13.8 Å². The van der Waals surface area contributed by atoms with Crippen molar-refractivity contribution in [2.45, 2.75) is 235 Å². The second-order valence-corrected chi connectivity index (χ2v) is 27.1. The Morgan fingerprint density at radius 1 is 0.435 bits per heavy atom. The van der Waals surface area contributed by atoms with Crippen LogP contribution in [0.3, 0.4) is 0 Å². The first-order valence-corrected chi connectivity index (χ1v) is 35.5. The van der Waals surface area contributed by atoms with Crippen LogP contribution in [0.5, 0.6) is 0 Å². The molecule has 0 aromatic rings. The summed E-state index contributed by atoms with van der Waals surface area (Å²) in [7, 11) is 0. The number of likely N-dealkylation sites (tertiary alicyclic amines) is 3. The first-order chi connectivity index (χ1) is 50.7. The molecule has 3 saturated heterocycles. The molecule has 16 amide bonds. The van der Waals surface area contributed by atoms with E-state index < -0.39 is 243 Å². The van der Waals surface area contributed by atoms with Crippen LogP contribution in [0.4, 0.5) is 0 Å². The minimum Gasteiger partial charge on any atom is -0.480 e. The van der Waals surface area contributed by atoms with E-state index in [9.17, 15) is 102 Å². The van der Waals surface area contributed by atoms with Gasteiger partial charge in [0.2, 0.25) is 94.5 Å². The van der Waals surface area contributed by atoms with Crippen molar-refractivity contribution in [1.29, 1.82) is 0 Å². The van der Waals surface area contributed by atoms with Gasteiger partial charge in [0, 0.05) is 52.0 Å². The Morgan fingerprint density at radius 2 is 0.824 bits per heavy atom. The second kappa shape index (κ2) is 45.1. The Bertz CT molecular complexity index is 3280. The zero-order chi connectivity index (χ0) is 81.4. The number of guanidine groups is 2. The van der Waals surface area contributed by atoms with Crippen LogP contribution in [0.1, 0.15) is 144 Å². The lowest BCUT2D eigenvalue weighted by atomic mass is 10.0. The van der Waals surface area contributed by atoms with Crippen molar-refractivity contribution in [3.8, 4) is 0 Å². The number of carboxylic acids is 1. The predicted octanol–water partition coefficient (Wildman–Crippen LogP) is -11.4. The third kappa shape index (κ3) is 30.3. The van der Waals surface area contributed by atoms with Crippen LogP contribution in [-0.2, 0) is 81.5 Å². The van der Waals surface area contributed by atoms with Gasteiger partial charge in [-0.1, -0.05) is 13.8 Å². The molecule has 0 bridgehead atoms. The second-order valence-electron chi connectivity index (χ2n) is 27.1. The van der Waals surface area contributed by atoms with Gasteiger partial charge in [-0.25, -0.2) is 4.79 Å². The van der Waals surface area contributed by atoms with Gasteiger partial charge in [0.15, 0.2) is 11.9 Å². The quantitative estimate of drug-likeness (QED) is 0.0153. The van der Waals surface area contributed by atoms with Gasteiger partial charge in [-0.15, -0.1) is 0 Å². The Hall–Kier alpha value is -10.6. The Kier molecular flexibility index (Phi) is 38.3. The number of carboxylic acid groups (broad SMARTS) is 1. The zero-order valence-corrected chi connectivity index (χ0v) is 61.3. The molecule has 3 aliphatic heterocycles. The van der Waals surface area contributed by atoms with Gasteiger partial charge in [0.1, 0.15) is 78.5 Å². The normalized spacial score (nSPS) is 18.7. The maximum atomic E-state index is 14.6. The van der Waals surface area contributed by atoms with Crippen molar-refractivity contribution in [2.24, 2.45) is 61.8 Å². The van der Waals surface area contributed by atoms with Crippen LogP contribution < -0.4 is 99.0 Å². The standard InChI is InChI=1S/C64H109N23O21/c1-30(2)27-40(82-57(102)43-15-10-26-87(43)61(106)49(33(5)90)84-50(95)34(65)29-88)51(96)75-28-47(94)77-36(16-19-44(66)91)52(97)78-37(17-20-45(67)92)53(98)80-38(18-21-46(68)93)60(105)86-25-9-13-41(86)55(100)76-31(3)59(104)85-24-8-14-42(85)56(101)79-35(11-6-22-73-63(69)70)54(99)83-48(32(4)89)58(103)81-39(62(107)108)12-7-23-74-64(71)72/h30-43,48-49,88-90H,6-29,65H2,1-5H3,(H2,66,91)(H2,67,92)(H2,68,93)(H,75,96)(H,76,100)(H,77,94)(H,78,97)(H,79,101)(H,80,98)(H,81,103)(H,82,102)(H,83,99)(H,84,95)(H,107,108)(H4,69,70,73)(H4,71,72,74)/t31-,32+,33+,34-,35-,36-,37-,38-,39-,40-,41-,42-,43-,48-,49-/m0/s1. The van der Waals surface area contributed by atoms with Crippen molar-refractivity contribution in [3.63, 3.8) is 0 Å². The number of aliphatic hydroxyl groups excluding tert-OH is 3. The molecule has 0 saturated carbocycles. The van der Waals surface area contributed by atoms with Gasteiger partial charge in [-0.05, 0) is 117 Å². The highest BCUT2D eigenvalue weighted by Gasteiger charge is 2.45. The molecule has 3 fully saturated rings. The molecular formula is C64H109N23O21. The molecule has 3 rings (SSSR count). The molecule has 0 unspecified atom stereocenters. The van der Waals surface area contributed by atoms with Crippen molar-refractivity contribution in [1.82, 2.24) is 67.9 Å². The van der Waals surface area contributed by atoms with Crippen LogP contribution in [0.2, 0.25) is 0 Å². The summed E-state index contributed by atoms with van der Waals surface area (Å²) < 4.78 is 0. The van der Waals surface area contributed by atoms with Crippen molar-refractivity contribution in [3.05, 3.63) is 0 Å². The lowest BCUT2D eigenvalue weighted by Crippen LogP contribution is -2.60. The lowest BCUT2D eigenvalue weighted by molar-refractivity contribution is -0.144. The number of amides is 16. The van der Waals surface area contributed by atoms with Crippen molar-refractivity contribution < 1.29 is 102 Å². The van der Waals surface area contributed by atoms with E-state index in [2.05, 4.69) is 63.2 Å². The fourth-order valence-electron chi connectivity index (χ4n) is 12.1. The molecule has 0 radical (unpaired) electrons. The van der Waals surface area contributed by atoms with Crippen LogP contribution in [0.25, 0.3) is 0 Å². The number of carbonyl (C=O) groups excluding carboxylic acids is 16. The number of aliphatic imine (C=N–C) groups is 2. The van der Waals surface area contributed by atoms with Crippen LogP contribution in [0.15, 0.2) is 9.98 Å². The summed E-state index contributed by atoms with van der Waals surface area (Å²) in [5.74, 6) is -17.4. The molecule has 0 aromatic heterocycles. The number of aliphatic carboxylic acids is 1.